The van der Waals surface area contributed by atoms with Crippen LogP contribution < -0.4 is 0 Å². The molecule has 21 heavy (non-hydrogen) atoms. The fourth-order valence-electron chi connectivity index (χ4n) is 1.72. The second-order valence-electron chi connectivity index (χ2n) is 3.99. The highest BCUT2D eigenvalue weighted by molar-refractivity contribution is 9.10. The van der Waals surface area contributed by atoms with Gasteiger partial charge in [0.1, 0.15) is 11.6 Å². The third-order valence-corrected chi connectivity index (χ3v) is 3.06. The van der Waals surface area contributed by atoms with E-state index < -0.39 is 40.3 Å². The Hall–Kier alpha value is -1.83. The van der Waals surface area contributed by atoms with Crippen LogP contribution in [0.5, 0.6) is 0 Å². The molecule has 0 unspecified atom stereocenters. The number of alkyl halides is 3. The highest BCUT2D eigenvalue weighted by Crippen LogP contribution is 2.33. The molecule has 0 fully saturated rings. The molecule has 2 aromatic rings. The molecule has 1 aromatic heterocycles. The first-order valence-electron chi connectivity index (χ1n) is 5.42. The lowest BCUT2D eigenvalue weighted by molar-refractivity contribution is -0.137. The van der Waals surface area contributed by atoms with Crippen molar-refractivity contribution in [3.05, 3.63) is 63.4 Å². The Morgan fingerprint density at radius 1 is 1.14 bits per heavy atom. The Balaban J connectivity index is 2.62. The maximum atomic E-state index is 13.7. The van der Waals surface area contributed by atoms with Crippen molar-refractivity contribution in [2.24, 2.45) is 0 Å². The van der Waals surface area contributed by atoms with Crippen LogP contribution in [0.2, 0.25) is 0 Å². The van der Waals surface area contributed by atoms with Gasteiger partial charge >= 0.3 is 6.18 Å². The normalized spacial score (nSPS) is 11.5. The van der Waals surface area contributed by atoms with Crippen molar-refractivity contribution in [2.75, 3.05) is 0 Å². The standard InChI is InChI=1S/C13H5BrF5NO/c14-6-3-9(15)11(10(16)4-6)12(21)7-5-20-2-1-8(7)13(17,18)19/h1-5H. The molecule has 2 nitrogen and oxygen atoms in total. The Bertz CT molecular complexity index is 691. The van der Waals surface area contributed by atoms with Crippen LogP contribution in [0.25, 0.3) is 0 Å². The van der Waals surface area contributed by atoms with Gasteiger partial charge in [0.05, 0.1) is 16.7 Å². The van der Waals surface area contributed by atoms with Crippen LogP contribution in [-0.4, -0.2) is 10.8 Å². The number of hydrogen-bond donors (Lipinski definition) is 0. The first-order chi connectivity index (χ1) is 9.71. The summed E-state index contributed by atoms with van der Waals surface area (Å²) in [5, 5.41) is 0. The minimum absolute atomic E-state index is 0.0243. The second-order valence-corrected chi connectivity index (χ2v) is 4.91. The average molecular weight is 366 g/mol. The minimum Gasteiger partial charge on any atom is -0.288 e. The van der Waals surface area contributed by atoms with Crippen LogP contribution in [-0.2, 0) is 6.18 Å². The molecule has 110 valence electrons. The zero-order chi connectivity index (χ0) is 15.8. The van der Waals surface area contributed by atoms with Crippen LogP contribution in [0.4, 0.5) is 22.0 Å². The minimum atomic E-state index is -4.84. The van der Waals surface area contributed by atoms with E-state index in [-0.39, 0.29) is 4.47 Å². The van der Waals surface area contributed by atoms with Gasteiger partial charge in [-0.2, -0.15) is 13.2 Å². The van der Waals surface area contributed by atoms with E-state index >= 15 is 0 Å². The number of hydrogen-bond acceptors (Lipinski definition) is 2. The molecule has 1 aromatic carbocycles. The van der Waals surface area contributed by atoms with E-state index in [0.717, 1.165) is 18.3 Å². The molecule has 0 bridgehead atoms. The zero-order valence-electron chi connectivity index (χ0n) is 10.0. The number of halogens is 6. The number of pyridine rings is 1. The van der Waals surface area contributed by atoms with Crippen LogP contribution in [0.15, 0.2) is 35.1 Å². The maximum absolute atomic E-state index is 13.7. The number of nitrogens with zero attached hydrogens (tertiary/aromatic N) is 1. The molecular formula is C13H5BrF5NO. The SMILES string of the molecule is O=C(c1cnccc1C(F)(F)F)c1c(F)cc(Br)cc1F. The largest absolute Gasteiger partial charge is 0.417 e. The Morgan fingerprint density at radius 3 is 2.24 bits per heavy atom. The smallest absolute Gasteiger partial charge is 0.288 e. The van der Waals surface area contributed by atoms with Crippen molar-refractivity contribution < 1.29 is 26.7 Å². The highest BCUT2D eigenvalue weighted by Gasteiger charge is 2.36. The third-order valence-electron chi connectivity index (χ3n) is 2.61. The molecule has 0 radical (unpaired) electrons. The molecule has 1 heterocycles. The van der Waals surface area contributed by atoms with Gasteiger partial charge in [-0.1, -0.05) is 15.9 Å². The van der Waals surface area contributed by atoms with Gasteiger partial charge in [-0.15, -0.1) is 0 Å². The van der Waals surface area contributed by atoms with Crippen molar-refractivity contribution in [1.29, 1.82) is 0 Å². The molecule has 0 aliphatic carbocycles. The van der Waals surface area contributed by atoms with Crippen molar-refractivity contribution in [1.82, 2.24) is 4.98 Å². The summed E-state index contributed by atoms with van der Waals surface area (Å²) in [4.78, 5) is 15.4. The lowest BCUT2D eigenvalue weighted by Crippen LogP contribution is -2.16. The van der Waals surface area contributed by atoms with Crippen LogP contribution >= 0.6 is 15.9 Å². The zero-order valence-corrected chi connectivity index (χ0v) is 11.6. The summed E-state index contributed by atoms with van der Waals surface area (Å²) in [5.41, 5.74) is -3.27. The van der Waals surface area contributed by atoms with Crippen molar-refractivity contribution in [3.63, 3.8) is 0 Å². The van der Waals surface area contributed by atoms with Gasteiger partial charge < -0.3 is 0 Å². The monoisotopic (exact) mass is 365 g/mol. The van der Waals surface area contributed by atoms with E-state index in [2.05, 4.69) is 20.9 Å². The van der Waals surface area contributed by atoms with E-state index in [1.54, 1.807) is 0 Å². The van der Waals surface area contributed by atoms with Gasteiger partial charge in [0.15, 0.2) is 0 Å². The van der Waals surface area contributed by atoms with E-state index in [0.29, 0.717) is 12.3 Å². The first-order valence-corrected chi connectivity index (χ1v) is 6.21. The Kier molecular flexibility index (Phi) is 4.08. The first kappa shape index (κ1) is 15.6. The summed E-state index contributed by atoms with van der Waals surface area (Å²) in [6.07, 6.45) is -3.36. The van der Waals surface area contributed by atoms with Crippen molar-refractivity contribution in [2.45, 2.75) is 6.18 Å². The number of rotatable bonds is 2. The average Bonchev–Trinajstić information content (AvgIpc) is 2.36. The van der Waals surface area contributed by atoms with E-state index in [4.69, 9.17) is 0 Å². The van der Waals surface area contributed by atoms with Gasteiger partial charge in [0.25, 0.3) is 0 Å². The van der Waals surface area contributed by atoms with Crippen LogP contribution in [0, 0.1) is 11.6 Å². The molecule has 0 spiro atoms. The molecule has 0 atom stereocenters. The van der Waals surface area contributed by atoms with Gasteiger partial charge in [-0.05, 0) is 18.2 Å². The second kappa shape index (κ2) is 5.51. The number of benzene rings is 1. The topological polar surface area (TPSA) is 30.0 Å². The van der Waals surface area contributed by atoms with Crippen molar-refractivity contribution >= 4 is 21.7 Å². The predicted octanol–water partition coefficient (Wildman–Crippen LogP) is 4.37. The van der Waals surface area contributed by atoms with Crippen molar-refractivity contribution in [3.8, 4) is 0 Å². The summed E-state index contributed by atoms with van der Waals surface area (Å²) < 4.78 is 65.8. The summed E-state index contributed by atoms with van der Waals surface area (Å²) in [6, 6.07) is 2.15. The molecule has 0 saturated heterocycles. The van der Waals surface area contributed by atoms with Crippen LogP contribution in [0.3, 0.4) is 0 Å². The molecule has 8 heteroatoms. The van der Waals surface area contributed by atoms with Gasteiger partial charge in [0, 0.05) is 16.9 Å². The molecule has 0 amide bonds. The summed E-state index contributed by atoms with van der Waals surface area (Å²) in [5.74, 6) is -3.94. The lowest BCUT2D eigenvalue weighted by Gasteiger charge is -2.12. The molecule has 0 saturated carbocycles. The summed E-state index contributed by atoms with van der Waals surface area (Å²) >= 11 is 2.82. The Labute approximate surface area is 123 Å². The quantitative estimate of drug-likeness (QED) is 0.584. The fourth-order valence-corrected chi connectivity index (χ4v) is 2.12. The number of ketones is 1. The van der Waals surface area contributed by atoms with Gasteiger partial charge in [-0.3, -0.25) is 9.78 Å². The number of aromatic nitrogens is 1. The highest BCUT2D eigenvalue weighted by atomic mass is 79.9. The molecular weight excluding hydrogens is 361 g/mol. The van der Waals surface area contributed by atoms with E-state index in [1.807, 2.05) is 0 Å². The molecule has 2 rings (SSSR count). The third kappa shape index (κ3) is 3.10. The molecule has 0 aliphatic rings. The molecule has 0 N–H and O–H groups in total. The Morgan fingerprint density at radius 2 is 1.71 bits per heavy atom. The predicted molar refractivity (Wildman–Crippen MR) is 66.7 cm³/mol. The fraction of sp³-hybridized carbons (Fsp3) is 0.0769. The summed E-state index contributed by atoms with van der Waals surface area (Å²) in [7, 11) is 0. The van der Waals surface area contributed by atoms with Crippen LogP contribution in [0.1, 0.15) is 21.5 Å². The number of carbonyl (C=O) groups excluding carboxylic acids is 1. The number of carbonyl (C=O) groups is 1. The van der Waals surface area contributed by atoms with E-state index in [1.165, 1.54) is 0 Å². The van der Waals surface area contributed by atoms with Gasteiger partial charge in [0.2, 0.25) is 5.78 Å². The maximum Gasteiger partial charge on any atom is 0.417 e. The van der Waals surface area contributed by atoms with E-state index in [9.17, 15) is 26.7 Å². The summed E-state index contributed by atoms with van der Waals surface area (Å²) in [6.45, 7) is 0. The molecule has 0 aliphatic heterocycles. The van der Waals surface area contributed by atoms with Gasteiger partial charge in [-0.25, -0.2) is 8.78 Å². The lowest BCUT2D eigenvalue weighted by atomic mass is 9.99.